The van der Waals surface area contributed by atoms with Gasteiger partial charge in [0.15, 0.2) is 0 Å². The Hall–Kier alpha value is -1.53. The van der Waals surface area contributed by atoms with Crippen LogP contribution in [-0.4, -0.2) is 31.7 Å². The highest BCUT2D eigenvalue weighted by molar-refractivity contribution is 5.36. The van der Waals surface area contributed by atoms with Crippen LogP contribution in [0, 0.1) is 15.9 Å². The number of ether oxygens (including phenoxy) is 1. The van der Waals surface area contributed by atoms with E-state index in [9.17, 15) is 14.5 Å². The molecule has 1 unspecified atom stereocenters. The minimum absolute atomic E-state index is 0.105. The number of hydrogen-bond donors (Lipinski definition) is 1. The SMILES string of the molecule is CNC(CCc1cccc([N+](=O)[O-])c1F)COC. The second-order valence-electron chi connectivity index (χ2n) is 3.99. The predicted octanol–water partition coefficient (Wildman–Crippen LogP) is 1.90. The molecule has 1 N–H and O–H groups in total. The first-order chi connectivity index (χ1) is 8.60. The van der Waals surface area contributed by atoms with E-state index in [0.29, 0.717) is 25.0 Å². The van der Waals surface area contributed by atoms with Gasteiger partial charge < -0.3 is 10.1 Å². The molecule has 100 valence electrons. The van der Waals surface area contributed by atoms with Crippen molar-refractivity contribution in [3.8, 4) is 0 Å². The van der Waals surface area contributed by atoms with Crippen LogP contribution < -0.4 is 5.32 Å². The Kier molecular flexibility index (Phi) is 5.67. The number of methoxy groups -OCH3 is 1. The van der Waals surface area contributed by atoms with Crippen molar-refractivity contribution in [1.29, 1.82) is 0 Å². The third kappa shape index (κ3) is 3.75. The molecule has 0 spiro atoms. The third-order valence-electron chi connectivity index (χ3n) is 2.79. The molecule has 0 heterocycles. The molecule has 0 aliphatic heterocycles. The fourth-order valence-corrected chi connectivity index (χ4v) is 1.74. The Labute approximate surface area is 105 Å². The zero-order chi connectivity index (χ0) is 13.5. The van der Waals surface area contributed by atoms with Gasteiger partial charge in [0, 0.05) is 19.2 Å². The summed E-state index contributed by atoms with van der Waals surface area (Å²) < 4.78 is 18.8. The maximum atomic E-state index is 13.8. The van der Waals surface area contributed by atoms with Crippen molar-refractivity contribution in [3.05, 3.63) is 39.7 Å². The zero-order valence-electron chi connectivity index (χ0n) is 10.5. The average Bonchev–Trinajstić information content (AvgIpc) is 2.35. The fourth-order valence-electron chi connectivity index (χ4n) is 1.74. The molecule has 0 radical (unpaired) electrons. The summed E-state index contributed by atoms with van der Waals surface area (Å²) in [6, 6.07) is 4.35. The Morgan fingerprint density at radius 3 is 2.83 bits per heavy atom. The van der Waals surface area contributed by atoms with Gasteiger partial charge in [-0.2, -0.15) is 4.39 Å². The number of benzene rings is 1. The number of halogens is 1. The van der Waals surface area contributed by atoms with E-state index in [1.165, 1.54) is 12.1 Å². The number of rotatable bonds is 7. The molecular weight excluding hydrogens is 239 g/mol. The summed E-state index contributed by atoms with van der Waals surface area (Å²) in [5.41, 5.74) is -0.110. The number of likely N-dealkylation sites (N-methyl/N-ethyl adjacent to an activating group) is 1. The van der Waals surface area contributed by atoms with Crippen LogP contribution in [-0.2, 0) is 11.2 Å². The van der Waals surface area contributed by atoms with Crippen LogP contribution in [0.5, 0.6) is 0 Å². The van der Waals surface area contributed by atoms with Crippen LogP contribution in [0.4, 0.5) is 10.1 Å². The number of nitro groups is 1. The smallest absolute Gasteiger partial charge is 0.305 e. The van der Waals surface area contributed by atoms with Crippen LogP contribution in [0.15, 0.2) is 18.2 Å². The number of nitrogens with zero attached hydrogens (tertiary/aromatic N) is 1. The van der Waals surface area contributed by atoms with Crippen molar-refractivity contribution in [1.82, 2.24) is 5.32 Å². The summed E-state index contributed by atoms with van der Waals surface area (Å²) in [6.45, 7) is 0.521. The highest BCUT2D eigenvalue weighted by Gasteiger charge is 2.17. The van der Waals surface area contributed by atoms with Gasteiger partial charge in [0.2, 0.25) is 5.82 Å². The Morgan fingerprint density at radius 1 is 1.56 bits per heavy atom. The van der Waals surface area contributed by atoms with Crippen LogP contribution in [0.1, 0.15) is 12.0 Å². The first-order valence-corrected chi connectivity index (χ1v) is 5.68. The highest BCUT2D eigenvalue weighted by Crippen LogP contribution is 2.21. The number of nitrogens with one attached hydrogen (secondary N) is 1. The van der Waals surface area contributed by atoms with E-state index in [0.717, 1.165) is 0 Å². The van der Waals surface area contributed by atoms with Gasteiger partial charge >= 0.3 is 5.69 Å². The van der Waals surface area contributed by atoms with Gasteiger partial charge in [0.1, 0.15) is 0 Å². The Balaban J connectivity index is 2.73. The van der Waals surface area contributed by atoms with Gasteiger partial charge in [-0.1, -0.05) is 12.1 Å². The number of nitro benzene ring substituents is 1. The summed E-state index contributed by atoms with van der Waals surface area (Å²) in [4.78, 5) is 9.90. The molecule has 6 heteroatoms. The van der Waals surface area contributed by atoms with Crippen molar-refractivity contribution >= 4 is 5.69 Å². The molecule has 0 saturated heterocycles. The van der Waals surface area contributed by atoms with E-state index in [-0.39, 0.29) is 6.04 Å². The van der Waals surface area contributed by atoms with Gasteiger partial charge in [-0.3, -0.25) is 10.1 Å². The van der Waals surface area contributed by atoms with Gasteiger partial charge in [0.05, 0.1) is 11.5 Å². The number of aryl methyl sites for hydroxylation is 1. The van der Waals surface area contributed by atoms with Crippen molar-refractivity contribution in [2.75, 3.05) is 20.8 Å². The van der Waals surface area contributed by atoms with Crippen LogP contribution in [0.25, 0.3) is 0 Å². The van der Waals surface area contributed by atoms with Gasteiger partial charge in [-0.15, -0.1) is 0 Å². The Bertz CT molecular complexity index is 412. The van der Waals surface area contributed by atoms with Gasteiger partial charge in [-0.05, 0) is 25.5 Å². The van der Waals surface area contributed by atoms with Crippen molar-refractivity contribution < 1.29 is 14.1 Å². The lowest BCUT2D eigenvalue weighted by Crippen LogP contribution is -2.30. The maximum absolute atomic E-state index is 13.8. The topological polar surface area (TPSA) is 64.4 Å². The molecular formula is C12H17FN2O3. The molecule has 0 aliphatic carbocycles. The summed E-state index contributed by atoms with van der Waals surface area (Å²) >= 11 is 0. The monoisotopic (exact) mass is 256 g/mol. The molecule has 1 rings (SSSR count). The van der Waals surface area contributed by atoms with E-state index < -0.39 is 16.4 Å². The quantitative estimate of drug-likeness (QED) is 0.597. The molecule has 0 aromatic heterocycles. The average molecular weight is 256 g/mol. The highest BCUT2D eigenvalue weighted by atomic mass is 19.1. The normalized spacial score (nSPS) is 12.4. The molecule has 5 nitrogen and oxygen atoms in total. The zero-order valence-corrected chi connectivity index (χ0v) is 10.5. The molecule has 1 aromatic rings. The largest absolute Gasteiger partial charge is 0.383 e. The fraction of sp³-hybridized carbons (Fsp3) is 0.500. The molecule has 0 bridgehead atoms. The van der Waals surface area contributed by atoms with Crippen molar-refractivity contribution in [2.45, 2.75) is 18.9 Å². The van der Waals surface area contributed by atoms with Crippen molar-refractivity contribution in [2.24, 2.45) is 0 Å². The molecule has 0 saturated carbocycles. The summed E-state index contributed by atoms with van der Waals surface area (Å²) in [7, 11) is 3.39. The maximum Gasteiger partial charge on any atom is 0.305 e. The first kappa shape index (κ1) is 14.5. The predicted molar refractivity (Wildman–Crippen MR) is 66.1 cm³/mol. The third-order valence-corrected chi connectivity index (χ3v) is 2.79. The minimum Gasteiger partial charge on any atom is -0.383 e. The second kappa shape index (κ2) is 7.03. The summed E-state index contributed by atoms with van der Waals surface area (Å²) in [6.07, 6.45) is 1.09. The molecule has 1 aromatic carbocycles. The van der Waals surface area contributed by atoms with Crippen LogP contribution in [0.3, 0.4) is 0 Å². The van der Waals surface area contributed by atoms with Gasteiger partial charge in [-0.25, -0.2) is 0 Å². The van der Waals surface area contributed by atoms with Crippen LogP contribution >= 0.6 is 0 Å². The Morgan fingerprint density at radius 2 is 2.28 bits per heavy atom. The molecule has 18 heavy (non-hydrogen) atoms. The van der Waals surface area contributed by atoms with E-state index >= 15 is 0 Å². The molecule has 0 amide bonds. The second-order valence-corrected chi connectivity index (χ2v) is 3.99. The lowest BCUT2D eigenvalue weighted by molar-refractivity contribution is -0.387. The lowest BCUT2D eigenvalue weighted by Gasteiger charge is -2.14. The molecule has 1 atom stereocenters. The molecule has 0 fully saturated rings. The van der Waals surface area contributed by atoms with E-state index in [4.69, 9.17) is 4.74 Å². The van der Waals surface area contributed by atoms with E-state index in [2.05, 4.69) is 5.32 Å². The van der Waals surface area contributed by atoms with Crippen LogP contribution in [0.2, 0.25) is 0 Å². The number of hydrogen-bond acceptors (Lipinski definition) is 4. The molecule has 0 aliphatic rings. The summed E-state index contributed by atoms with van der Waals surface area (Å²) in [5.74, 6) is -0.741. The van der Waals surface area contributed by atoms with E-state index in [1.807, 2.05) is 0 Å². The standard InChI is InChI=1S/C12H17FN2O3/c1-14-10(8-18-2)7-6-9-4-3-5-11(12(9)13)15(16)17/h3-5,10,14H,6-8H2,1-2H3. The first-order valence-electron chi connectivity index (χ1n) is 5.68. The van der Waals surface area contributed by atoms with Gasteiger partial charge in [0.25, 0.3) is 0 Å². The van der Waals surface area contributed by atoms with Crippen molar-refractivity contribution in [3.63, 3.8) is 0 Å². The minimum atomic E-state index is -0.741. The summed E-state index contributed by atoms with van der Waals surface area (Å²) in [5, 5.41) is 13.7. The van der Waals surface area contributed by atoms with E-state index in [1.54, 1.807) is 20.2 Å². The lowest BCUT2D eigenvalue weighted by atomic mass is 10.0.